The molecule has 14 heavy (non-hydrogen) atoms. The van der Waals surface area contributed by atoms with E-state index < -0.39 is 6.04 Å². The molecule has 5 heteroatoms. The third-order valence-corrected chi connectivity index (χ3v) is 2.14. The molecule has 0 aliphatic carbocycles. The minimum atomic E-state index is -0.607. The van der Waals surface area contributed by atoms with Crippen LogP contribution in [0, 0.1) is 0 Å². The summed E-state index contributed by atoms with van der Waals surface area (Å²) in [6.07, 6.45) is 0. The molecule has 1 aliphatic rings. The zero-order valence-corrected chi connectivity index (χ0v) is 7.43. The van der Waals surface area contributed by atoms with E-state index in [4.69, 9.17) is 20.3 Å². The van der Waals surface area contributed by atoms with E-state index in [1.54, 1.807) is 12.1 Å². The largest absolute Gasteiger partial charge is 0.504 e. The Morgan fingerprint density at radius 3 is 2.93 bits per heavy atom. The molecule has 0 saturated carbocycles. The third-order valence-electron chi connectivity index (χ3n) is 2.14. The third kappa shape index (κ3) is 1.26. The Balaban J connectivity index is 2.44. The molecule has 1 aromatic rings. The van der Waals surface area contributed by atoms with Crippen LogP contribution in [0.5, 0.6) is 17.2 Å². The summed E-state index contributed by atoms with van der Waals surface area (Å²) >= 11 is 0. The van der Waals surface area contributed by atoms with Crippen LogP contribution >= 0.6 is 0 Å². The lowest BCUT2D eigenvalue weighted by molar-refractivity contribution is 0.171. The van der Waals surface area contributed by atoms with Crippen molar-refractivity contribution < 1.29 is 19.7 Å². The first-order chi connectivity index (χ1) is 6.74. The molecule has 0 amide bonds. The molecule has 0 fully saturated rings. The normalized spacial score (nSPS) is 15.6. The van der Waals surface area contributed by atoms with Gasteiger partial charge in [-0.1, -0.05) is 0 Å². The van der Waals surface area contributed by atoms with Gasteiger partial charge in [-0.05, 0) is 12.1 Å². The first-order valence-corrected chi connectivity index (χ1v) is 4.22. The van der Waals surface area contributed by atoms with Crippen LogP contribution < -0.4 is 15.2 Å². The van der Waals surface area contributed by atoms with E-state index in [-0.39, 0.29) is 19.1 Å². The van der Waals surface area contributed by atoms with Crippen molar-refractivity contribution in [1.29, 1.82) is 0 Å². The van der Waals surface area contributed by atoms with Gasteiger partial charge in [-0.15, -0.1) is 0 Å². The predicted molar refractivity (Wildman–Crippen MR) is 48.2 cm³/mol. The monoisotopic (exact) mass is 197 g/mol. The van der Waals surface area contributed by atoms with Crippen LogP contribution in [-0.4, -0.2) is 23.6 Å². The highest BCUT2D eigenvalue weighted by atomic mass is 16.7. The maximum Gasteiger partial charge on any atom is 0.231 e. The van der Waals surface area contributed by atoms with Gasteiger partial charge in [0.15, 0.2) is 11.5 Å². The minimum absolute atomic E-state index is 0.0541. The Morgan fingerprint density at radius 1 is 1.43 bits per heavy atom. The fourth-order valence-corrected chi connectivity index (χ4v) is 1.37. The van der Waals surface area contributed by atoms with Crippen molar-refractivity contribution in [2.75, 3.05) is 13.4 Å². The quantitative estimate of drug-likeness (QED) is 0.626. The zero-order chi connectivity index (χ0) is 10.1. The van der Waals surface area contributed by atoms with Crippen molar-refractivity contribution in [3.05, 3.63) is 17.7 Å². The minimum Gasteiger partial charge on any atom is -0.504 e. The number of aromatic hydroxyl groups is 1. The smallest absolute Gasteiger partial charge is 0.231 e. The summed E-state index contributed by atoms with van der Waals surface area (Å²) in [5, 5.41) is 18.6. The van der Waals surface area contributed by atoms with Crippen LogP contribution in [-0.2, 0) is 0 Å². The summed E-state index contributed by atoms with van der Waals surface area (Å²) in [5.74, 6) is 0.740. The van der Waals surface area contributed by atoms with Gasteiger partial charge in [0.25, 0.3) is 0 Å². The summed E-state index contributed by atoms with van der Waals surface area (Å²) in [7, 11) is 0. The van der Waals surface area contributed by atoms with Crippen LogP contribution in [0.2, 0.25) is 0 Å². The topological polar surface area (TPSA) is 84.9 Å². The number of hydrogen-bond donors (Lipinski definition) is 3. The first-order valence-electron chi connectivity index (χ1n) is 4.22. The zero-order valence-electron chi connectivity index (χ0n) is 7.43. The van der Waals surface area contributed by atoms with Crippen LogP contribution in [0.25, 0.3) is 0 Å². The number of rotatable bonds is 2. The molecule has 1 atom stereocenters. The highest BCUT2D eigenvalue weighted by Crippen LogP contribution is 2.43. The van der Waals surface area contributed by atoms with Gasteiger partial charge < -0.3 is 25.4 Å². The van der Waals surface area contributed by atoms with Gasteiger partial charge in [-0.2, -0.15) is 0 Å². The maximum absolute atomic E-state index is 9.72. The second-order valence-corrected chi connectivity index (χ2v) is 3.03. The Kier molecular flexibility index (Phi) is 2.18. The molecule has 0 saturated heterocycles. The number of hydrogen-bond acceptors (Lipinski definition) is 5. The fourth-order valence-electron chi connectivity index (χ4n) is 1.37. The molecule has 1 unspecified atom stereocenters. The fraction of sp³-hybridized carbons (Fsp3) is 0.333. The second-order valence-electron chi connectivity index (χ2n) is 3.03. The van der Waals surface area contributed by atoms with E-state index in [1.165, 1.54) is 0 Å². The van der Waals surface area contributed by atoms with Crippen molar-refractivity contribution >= 4 is 0 Å². The summed E-state index contributed by atoms with van der Waals surface area (Å²) in [5.41, 5.74) is 6.04. The molecule has 0 aromatic heterocycles. The molecule has 4 N–H and O–H groups in total. The first kappa shape index (κ1) is 9.11. The lowest BCUT2D eigenvalue weighted by Gasteiger charge is -2.11. The molecular formula is C9H11NO4. The Bertz CT molecular complexity index is 353. The van der Waals surface area contributed by atoms with Gasteiger partial charge in [0, 0.05) is 5.56 Å². The van der Waals surface area contributed by atoms with Gasteiger partial charge in [0.1, 0.15) is 0 Å². The molecule has 1 heterocycles. The van der Waals surface area contributed by atoms with Gasteiger partial charge in [0.05, 0.1) is 12.6 Å². The van der Waals surface area contributed by atoms with Crippen molar-refractivity contribution in [3.8, 4) is 17.2 Å². The Morgan fingerprint density at radius 2 is 2.21 bits per heavy atom. The molecule has 2 rings (SSSR count). The van der Waals surface area contributed by atoms with E-state index >= 15 is 0 Å². The lowest BCUT2D eigenvalue weighted by atomic mass is 10.1. The van der Waals surface area contributed by atoms with Crippen LogP contribution in [0.3, 0.4) is 0 Å². The van der Waals surface area contributed by atoms with Crippen molar-refractivity contribution in [3.63, 3.8) is 0 Å². The van der Waals surface area contributed by atoms with E-state index in [0.717, 1.165) is 0 Å². The summed E-state index contributed by atoms with van der Waals surface area (Å²) in [4.78, 5) is 0. The number of phenols is 1. The Hall–Kier alpha value is -1.46. The molecule has 76 valence electrons. The van der Waals surface area contributed by atoms with E-state index in [9.17, 15) is 5.11 Å². The number of phenolic OH excluding ortho intramolecular Hbond substituents is 1. The average molecular weight is 197 g/mol. The summed E-state index contributed by atoms with van der Waals surface area (Å²) in [6, 6.07) is 2.67. The van der Waals surface area contributed by atoms with Crippen LogP contribution in [0.4, 0.5) is 0 Å². The van der Waals surface area contributed by atoms with Gasteiger partial charge in [-0.25, -0.2) is 0 Å². The molecule has 0 radical (unpaired) electrons. The van der Waals surface area contributed by atoms with Crippen molar-refractivity contribution in [2.45, 2.75) is 6.04 Å². The molecule has 1 aliphatic heterocycles. The van der Waals surface area contributed by atoms with Crippen LogP contribution in [0.1, 0.15) is 11.6 Å². The molecular weight excluding hydrogens is 186 g/mol. The van der Waals surface area contributed by atoms with Gasteiger partial charge in [0.2, 0.25) is 12.5 Å². The van der Waals surface area contributed by atoms with Crippen LogP contribution in [0.15, 0.2) is 12.1 Å². The lowest BCUT2D eigenvalue weighted by Crippen LogP contribution is -2.14. The second kappa shape index (κ2) is 3.36. The number of fused-ring (bicyclic) bond motifs is 1. The highest BCUT2D eigenvalue weighted by Gasteiger charge is 2.22. The number of benzene rings is 1. The van der Waals surface area contributed by atoms with Gasteiger partial charge >= 0.3 is 0 Å². The number of nitrogens with two attached hydrogens (primary N) is 1. The number of aliphatic hydroxyl groups is 1. The highest BCUT2D eigenvalue weighted by molar-refractivity contribution is 5.56. The van der Waals surface area contributed by atoms with E-state index in [1.807, 2.05) is 0 Å². The standard InChI is InChI=1S/C9H11NO4/c10-6(3-11)5-1-2-7-9(8(5)12)14-4-13-7/h1-2,6,11-12H,3-4,10H2. The number of ether oxygens (including phenoxy) is 2. The maximum atomic E-state index is 9.72. The Labute approximate surface area is 80.7 Å². The molecule has 5 nitrogen and oxygen atoms in total. The summed E-state index contributed by atoms with van der Waals surface area (Å²) in [6.45, 7) is -0.131. The molecule has 1 aromatic carbocycles. The van der Waals surface area contributed by atoms with Crippen molar-refractivity contribution in [2.24, 2.45) is 5.73 Å². The average Bonchev–Trinajstić information content (AvgIpc) is 2.66. The van der Waals surface area contributed by atoms with E-state index in [0.29, 0.717) is 17.1 Å². The van der Waals surface area contributed by atoms with Gasteiger partial charge in [-0.3, -0.25) is 0 Å². The molecule has 0 bridgehead atoms. The summed E-state index contributed by atoms with van der Waals surface area (Å²) < 4.78 is 10.1. The predicted octanol–water partition coefficient (Wildman–Crippen LogP) is 0.113. The number of aliphatic hydroxyl groups excluding tert-OH is 1. The molecule has 0 spiro atoms. The van der Waals surface area contributed by atoms with Crippen molar-refractivity contribution in [1.82, 2.24) is 0 Å². The van der Waals surface area contributed by atoms with E-state index in [2.05, 4.69) is 0 Å². The SMILES string of the molecule is NC(CO)c1ccc2c(c1O)OCO2.